The first-order valence-electron chi connectivity index (χ1n) is 11.9. The smallest absolute Gasteiger partial charge is 0.215 e. The van der Waals surface area contributed by atoms with Gasteiger partial charge in [0.15, 0.2) is 0 Å². The van der Waals surface area contributed by atoms with E-state index in [1.54, 1.807) is 0 Å². The summed E-state index contributed by atoms with van der Waals surface area (Å²) in [6, 6.07) is 2.95. The van der Waals surface area contributed by atoms with Crippen LogP contribution in [0.25, 0.3) is 10.9 Å². The molecule has 110 valence electrons. The van der Waals surface area contributed by atoms with Gasteiger partial charge in [0.05, 0.1) is 7.08 Å². The normalized spacial score (nSPS) is 25.4. The molecule has 1 aromatic carbocycles. The quantitative estimate of drug-likeness (QED) is 0.846. The summed E-state index contributed by atoms with van der Waals surface area (Å²) in [4.78, 5) is 2.63. The first kappa shape index (κ1) is 5.44. The fraction of sp³-hybridized carbons (Fsp3) is 0.429. The Morgan fingerprint density at radius 2 is 2.40 bits per heavy atom. The summed E-state index contributed by atoms with van der Waals surface area (Å²) in [6.07, 6.45) is -3.79. The molecule has 2 aromatic rings. The molecular formula is C14H21N3O2S. The molecule has 0 bridgehead atoms. The lowest BCUT2D eigenvalue weighted by Crippen LogP contribution is -2.20. The van der Waals surface area contributed by atoms with E-state index in [1.807, 2.05) is 0 Å². The molecule has 2 N–H and O–H groups in total. The van der Waals surface area contributed by atoms with E-state index >= 15 is 0 Å². The summed E-state index contributed by atoms with van der Waals surface area (Å²) in [5.74, 6) is 0. The number of fused-ring (bicyclic) bond motifs is 1. The van der Waals surface area contributed by atoms with Crippen LogP contribution < -0.4 is 4.72 Å². The van der Waals surface area contributed by atoms with Gasteiger partial charge in [-0.1, -0.05) is 6.07 Å². The number of sulfonamides is 1. The van der Waals surface area contributed by atoms with Crippen LogP contribution in [0.5, 0.6) is 0 Å². The number of aryl methyl sites for hydroxylation is 1. The fourth-order valence-electron chi connectivity index (χ4n) is 1.54. The second-order valence-electron chi connectivity index (χ2n) is 3.89. The van der Waals surface area contributed by atoms with E-state index in [9.17, 15) is 8.42 Å². The molecule has 0 aliphatic heterocycles. The predicted octanol–water partition coefficient (Wildman–Crippen LogP) is 1.32. The number of H-pyrrole nitrogens is 1. The monoisotopic (exact) mass is 308 g/mol. The zero-order valence-corrected chi connectivity index (χ0v) is 11.2. The molecule has 5 nitrogen and oxygen atoms in total. The number of nitrogens with zero attached hydrogens (tertiary/aromatic N) is 1. The zero-order valence-electron chi connectivity index (χ0n) is 23.4. The summed E-state index contributed by atoms with van der Waals surface area (Å²) in [7, 11) is -4.29. The Hall–Kier alpha value is -1.37. The van der Waals surface area contributed by atoms with Crippen molar-refractivity contribution in [3.63, 3.8) is 0 Å². The second-order valence-corrected chi connectivity index (χ2v) is 5.30. The van der Waals surface area contributed by atoms with Crippen molar-refractivity contribution in [3.8, 4) is 0 Å². The lowest BCUT2D eigenvalue weighted by Gasteiger charge is -2.08. The average molecular weight is 308 g/mol. The Labute approximate surface area is 138 Å². The van der Waals surface area contributed by atoms with Crippen molar-refractivity contribution in [1.82, 2.24) is 14.6 Å². The highest BCUT2D eigenvalue weighted by molar-refractivity contribution is 7.88. The van der Waals surface area contributed by atoms with E-state index in [4.69, 9.17) is 17.8 Å². The molecule has 0 unspecified atom stereocenters. The number of likely N-dealkylation sites (N-methyl/N-ethyl adjacent to an activating group) is 1. The van der Waals surface area contributed by atoms with Crippen molar-refractivity contribution in [1.29, 1.82) is 0 Å². The van der Waals surface area contributed by atoms with Crippen LogP contribution in [0, 0.1) is 0 Å². The Kier molecular flexibility index (Phi) is 1.62. The Morgan fingerprint density at radius 3 is 3.15 bits per heavy atom. The highest BCUT2D eigenvalue weighted by Gasteiger charge is 2.11. The molecule has 6 heteroatoms. The first-order valence-corrected chi connectivity index (χ1v) is 6.86. The maximum atomic E-state index is 12.4. The summed E-state index contributed by atoms with van der Waals surface area (Å²) >= 11 is 0. The van der Waals surface area contributed by atoms with Gasteiger partial charge in [0.25, 0.3) is 0 Å². The number of benzene rings is 1. The minimum atomic E-state index is -5.13. The summed E-state index contributed by atoms with van der Waals surface area (Å²) in [5, 5.41) is -0.279. The van der Waals surface area contributed by atoms with Crippen LogP contribution in [0.15, 0.2) is 24.4 Å². The van der Waals surface area contributed by atoms with Crippen LogP contribution in [0.2, 0.25) is 0 Å². The van der Waals surface area contributed by atoms with E-state index in [0.29, 0.717) is 0 Å². The van der Waals surface area contributed by atoms with Crippen LogP contribution >= 0.6 is 0 Å². The summed E-state index contributed by atoms with van der Waals surface area (Å²) in [6.45, 7) is -9.45. The lowest BCUT2D eigenvalue weighted by atomic mass is 10.1. The number of nitrogens with one attached hydrogen (secondary N) is 2. The van der Waals surface area contributed by atoms with Crippen LogP contribution in [0.1, 0.15) is 28.9 Å². The Morgan fingerprint density at radius 1 is 1.55 bits per heavy atom. The standard InChI is InChI=1S/C14H21N3O2S/c1-15-20(18,19)10-11-4-5-14-13(8-11)12(9-16-14)6-7-17(2)3/h4-5,8-9,15-16H,6-7,10H2,1-3H3/i1D3,2D3,6D2,7D2,9D,10D2. The molecule has 0 saturated heterocycles. The van der Waals surface area contributed by atoms with Crippen molar-refractivity contribution in [3.05, 3.63) is 35.5 Å². The molecular weight excluding hydrogens is 274 g/mol. The summed E-state index contributed by atoms with van der Waals surface area (Å²) in [5.41, 5.74) is -4.58. The van der Waals surface area contributed by atoms with E-state index in [2.05, 4.69) is 4.98 Å². The topological polar surface area (TPSA) is 65.2 Å². The van der Waals surface area contributed by atoms with E-state index in [1.165, 1.54) is 4.72 Å². The van der Waals surface area contributed by atoms with Gasteiger partial charge in [0.1, 0.15) is 0 Å². The Balaban J connectivity index is 2.74. The molecule has 0 atom stereocenters. The minimum absolute atomic E-state index is 0.0203. The van der Waals surface area contributed by atoms with Crippen molar-refractivity contribution in [2.45, 2.75) is 12.1 Å². The number of hydrogen-bond donors (Lipinski definition) is 2. The molecule has 0 aliphatic rings. The van der Waals surface area contributed by atoms with Crippen molar-refractivity contribution < 1.29 is 26.2 Å². The maximum Gasteiger partial charge on any atom is 0.215 e. The van der Waals surface area contributed by atoms with Crippen LogP contribution in [-0.2, 0) is 22.1 Å². The van der Waals surface area contributed by atoms with Gasteiger partial charge >= 0.3 is 0 Å². The largest absolute Gasteiger partial charge is 0.361 e. The van der Waals surface area contributed by atoms with Crippen LogP contribution in [-0.4, -0.2) is 45.8 Å². The van der Waals surface area contributed by atoms with Gasteiger partial charge in [0.2, 0.25) is 10.0 Å². The van der Waals surface area contributed by atoms with Crippen LogP contribution in [0.4, 0.5) is 0 Å². The molecule has 0 amide bonds. The highest BCUT2D eigenvalue weighted by atomic mass is 32.2. The van der Waals surface area contributed by atoms with Gasteiger partial charge < -0.3 is 9.88 Å². The van der Waals surface area contributed by atoms with Gasteiger partial charge in [-0.3, -0.25) is 0 Å². The van der Waals surface area contributed by atoms with Crippen molar-refractivity contribution in [2.75, 3.05) is 27.5 Å². The molecule has 20 heavy (non-hydrogen) atoms. The van der Waals surface area contributed by atoms with Crippen LogP contribution in [0.3, 0.4) is 0 Å². The van der Waals surface area contributed by atoms with Crippen molar-refractivity contribution >= 4 is 20.9 Å². The second kappa shape index (κ2) is 5.95. The van der Waals surface area contributed by atoms with E-state index in [0.717, 1.165) is 25.2 Å². The zero-order chi connectivity index (χ0) is 26.0. The molecule has 0 aliphatic carbocycles. The van der Waals surface area contributed by atoms with Crippen molar-refractivity contribution in [2.24, 2.45) is 0 Å². The maximum absolute atomic E-state index is 12.4. The lowest BCUT2D eigenvalue weighted by molar-refractivity contribution is 0.414. The van der Waals surface area contributed by atoms with Gasteiger partial charge in [-0.25, -0.2) is 13.1 Å². The fourth-order valence-corrected chi connectivity index (χ4v) is 2.03. The molecule has 0 saturated carbocycles. The number of rotatable bonds is 6. The first-order chi connectivity index (χ1) is 14.5. The molecule has 1 aromatic heterocycles. The van der Waals surface area contributed by atoms with E-state index in [-0.39, 0.29) is 15.8 Å². The van der Waals surface area contributed by atoms with Gasteiger partial charge in [-0.2, -0.15) is 0 Å². The average Bonchev–Trinajstić information content (AvgIpc) is 2.93. The molecule has 0 radical (unpaired) electrons. The summed E-state index contributed by atoms with van der Waals surface area (Å²) < 4.78 is 126. The third kappa shape index (κ3) is 3.59. The molecule has 0 fully saturated rings. The molecule has 2 rings (SSSR count). The third-order valence-corrected chi connectivity index (χ3v) is 3.12. The Bertz CT molecular complexity index is 1150. The van der Waals surface area contributed by atoms with E-state index < -0.39 is 59.8 Å². The SMILES string of the molecule is [2H]c1[nH]c2ccc(C([2H])([2H])S(=O)(=O)NC([2H])([2H])[2H])cc2c1C([2H])([2H])C([2H])([2H])N(C)C([2H])([2H])[2H]. The molecule has 0 spiro atoms. The minimum Gasteiger partial charge on any atom is -0.361 e. The third-order valence-electron chi connectivity index (χ3n) is 2.35. The number of aromatic amines is 1. The molecule has 1 heterocycles. The van der Waals surface area contributed by atoms with Gasteiger partial charge in [-0.15, -0.1) is 0 Å². The predicted molar refractivity (Wildman–Crippen MR) is 82.2 cm³/mol. The van der Waals surface area contributed by atoms with Gasteiger partial charge in [0, 0.05) is 40.0 Å². The van der Waals surface area contributed by atoms with Gasteiger partial charge in [-0.05, 0) is 50.6 Å². The highest BCUT2D eigenvalue weighted by Crippen LogP contribution is 2.21. The number of hydrogen-bond acceptors (Lipinski definition) is 3. The number of aromatic nitrogens is 1.